The highest BCUT2D eigenvalue weighted by Gasteiger charge is 2.17. The van der Waals surface area contributed by atoms with Crippen LogP contribution in [0.1, 0.15) is 34.1 Å². The van der Waals surface area contributed by atoms with Gasteiger partial charge in [0.25, 0.3) is 0 Å². The van der Waals surface area contributed by atoms with E-state index in [9.17, 15) is 5.11 Å². The molecular formula is C10H22O3. The largest absolute Gasteiger partial charge is 0.388 e. The van der Waals surface area contributed by atoms with Gasteiger partial charge in [0.2, 0.25) is 0 Å². The molecule has 1 N–H and O–H groups in total. The lowest BCUT2D eigenvalue weighted by atomic mass is 10.1. The van der Waals surface area contributed by atoms with Crippen LogP contribution in [0.15, 0.2) is 0 Å². The Bertz CT molecular complexity index is 115. The van der Waals surface area contributed by atoms with Crippen LogP contribution in [0.4, 0.5) is 0 Å². The van der Waals surface area contributed by atoms with Crippen LogP contribution in [-0.2, 0) is 9.47 Å². The molecule has 0 saturated heterocycles. The lowest BCUT2D eigenvalue weighted by molar-refractivity contribution is -0.0797. The van der Waals surface area contributed by atoms with E-state index in [-0.39, 0.29) is 12.2 Å². The van der Waals surface area contributed by atoms with Crippen molar-refractivity contribution in [3.8, 4) is 0 Å². The standard InChI is InChI=1S/C10H22O3/c1-5-10(12-6-2)9(11)7-13-8(3)4/h8-11H,5-7H2,1-4H3. The number of hydrogen-bond acceptors (Lipinski definition) is 3. The average molecular weight is 190 g/mol. The van der Waals surface area contributed by atoms with E-state index in [4.69, 9.17) is 9.47 Å². The summed E-state index contributed by atoms with van der Waals surface area (Å²) in [5, 5.41) is 9.64. The van der Waals surface area contributed by atoms with Gasteiger partial charge in [-0.25, -0.2) is 0 Å². The summed E-state index contributed by atoms with van der Waals surface area (Å²) in [6.45, 7) is 8.83. The van der Waals surface area contributed by atoms with Crippen LogP contribution >= 0.6 is 0 Å². The molecule has 0 amide bonds. The van der Waals surface area contributed by atoms with Crippen LogP contribution in [0.25, 0.3) is 0 Å². The van der Waals surface area contributed by atoms with Crippen molar-refractivity contribution in [2.45, 2.75) is 52.4 Å². The molecule has 0 rings (SSSR count). The number of aliphatic hydroxyl groups excluding tert-OH is 1. The number of ether oxygens (including phenoxy) is 2. The minimum Gasteiger partial charge on any atom is -0.388 e. The molecule has 0 aromatic carbocycles. The van der Waals surface area contributed by atoms with Gasteiger partial charge < -0.3 is 14.6 Å². The first-order chi connectivity index (χ1) is 6.11. The van der Waals surface area contributed by atoms with E-state index < -0.39 is 6.10 Å². The molecule has 13 heavy (non-hydrogen) atoms. The second-order valence-electron chi connectivity index (χ2n) is 3.35. The van der Waals surface area contributed by atoms with Crippen LogP contribution in [0.2, 0.25) is 0 Å². The van der Waals surface area contributed by atoms with Gasteiger partial charge in [0.1, 0.15) is 6.10 Å². The van der Waals surface area contributed by atoms with Crippen molar-refractivity contribution in [3.63, 3.8) is 0 Å². The smallest absolute Gasteiger partial charge is 0.103 e. The number of hydrogen-bond donors (Lipinski definition) is 1. The second-order valence-corrected chi connectivity index (χ2v) is 3.35. The first-order valence-corrected chi connectivity index (χ1v) is 5.03. The molecule has 80 valence electrons. The Morgan fingerprint density at radius 2 is 1.77 bits per heavy atom. The fourth-order valence-electron chi connectivity index (χ4n) is 1.11. The van der Waals surface area contributed by atoms with Gasteiger partial charge in [-0.2, -0.15) is 0 Å². The van der Waals surface area contributed by atoms with Gasteiger partial charge in [-0.1, -0.05) is 6.92 Å². The molecule has 0 saturated carbocycles. The Morgan fingerprint density at radius 3 is 2.15 bits per heavy atom. The summed E-state index contributed by atoms with van der Waals surface area (Å²) in [4.78, 5) is 0. The molecule has 0 aromatic heterocycles. The lowest BCUT2D eigenvalue weighted by Crippen LogP contribution is -2.33. The molecule has 3 heteroatoms. The number of aliphatic hydroxyl groups is 1. The van der Waals surface area contributed by atoms with Crippen molar-refractivity contribution in [1.82, 2.24) is 0 Å². The molecule has 0 bridgehead atoms. The van der Waals surface area contributed by atoms with Crippen LogP contribution < -0.4 is 0 Å². The normalized spacial score (nSPS) is 16.2. The summed E-state index contributed by atoms with van der Waals surface area (Å²) >= 11 is 0. The predicted molar refractivity (Wildman–Crippen MR) is 52.8 cm³/mol. The monoisotopic (exact) mass is 190 g/mol. The summed E-state index contributed by atoms with van der Waals surface area (Å²) in [6.07, 6.45) is 0.376. The summed E-state index contributed by atoms with van der Waals surface area (Å²) in [7, 11) is 0. The van der Waals surface area contributed by atoms with Crippen molar-refractivity contribution < 1.29 is 14.6 Å². The van der Waals surface area contributed by atoms with Crippen molar-refractivity contribution in [3.05, 3.63) is 0 Å². The van der Waals surface area contributed by atoms with Crippen LogP contribution in [0.3, 0.4) is 0 Å². The summed E-state index contributed by atoms with van der Waals surface area (Å²) < 4.78 is 10.7. The highest BCUT2D eigenvalue weighted by Crippen LogP contribution is 2.05. The van der Waals surface area contributed by atoms with Gasteiger partial charge in [-0.15, -0.1) is 0 Å². The third-order valence-corrected chi connectivity index (χ3v) is 1.81. The first-order valence-electron chi connectivity index (χ1n) is 5.03. The zero-order valence-electron chi connectivity index (χ0n) is 9.12. The summed E-state index contributed by atoms with van der Waals surface area (Å²) in [5.74, 6) is 0. The van der Waals surface area contributed by atoms with Crippen LogP contribution in [0, 0.1) is 0 Å². The topological polar surface area (TPSA) is 38.7 Å². The van der Waals surface area contributed by atoms with E-state index in [1.54, 1.807) is 0 Å². The quantitative estimate of drug-likeness (QED) is 0.662. The molecule has 0 aliphatic carbocycles. The highest BCUT2D eigenvalue weighted by molar-refractivity contribution is 4.66. The molecule has 0 radical (unpaired) electrons. The number of rotatable bonds is 7. The average Bonchev–Trinajstić information content (AvgIpc) is 2.10. The zero-order valence-corrected chi connectivity index (χ0v) is 9.12. The molecule has 2 atom stereocenters. The molecule has 2 unspecified atom stereocenters. The van der Waals surface area contributed by atoms with Gasteiger partial charge in [-0.3, -0.25) is 0 Å². The van der Waals surface area contributed by atoms with Gasteiger partial charge in [0.05, 0.1) is 18.8 Å². The molecule has 0 spiro atoms. The maximum Gasteiger partial charge on any atom is 0.103 e. The second kappa shape index (κ2) is 7.30. The van der Waals surface area contributed by atoms with Crippen molar-refractivity contribution in [2.24, 2.45) is 0 Å². The van der Waals surface area contributed by atoms with Crippen LogP contribution in [-0.4, -0.2) is 36.6 Å². The molecule has 3 nitrogen and oxygen atoms in total. The Balaban J connectivity index is 3.69. The van der Waals surface area contributed by atoms with Crippen molar-refractivity contribution >= 4 is 0 Å². The van der Waals surface area contributed by atoms with Gasteiger partial charge >= 0.3 is 0 Å². The minimum atomic E-state index is -0.507. The zero-order chi connectivity index (χ0) is 10.3. The molecule has 0 heterocycles. The third kappa shape index (κ3) is 6.02. The summed E-state index contributed by atoms with van der Waals surface area (Å²) in [5.41, 5.74) is 0. The van der Waals surface area contributed by atoms with Crippen molar-refractivity contribution in [1.29, 1.82) is 0 Å². The lowest BCUT2D eigenvalue weighted by Gasteiger charge is -2.22. The first kappa shape index (κ1) is 12.9. The fraction of sp³-hybridized carbons (Fsp3) is 1.00. The van der Waals surface area contributed by atoms with E-state index in [0.29, 0.717) is 13.2 Å². The van der Waals surface area contributed by atoms with E-state index in [2.05, 4.69) is 0 Å². The summed E-state index contributed by atoms with van der Waals surface area (Å²) in [6, 6.07) is 0. The Morgan fingerprint density at radius 1 is 1.15 bits per heavy atom. The van der Waals surface area contributed by atoms with E-state index >= 15 is 0 Å². The molecule has 0 aliphatic rings. The fourth-order valence-corrected chi connectivity index (χ4v) is 1.11. The van der Waals surface area contributed by atoms with Crippen LogP contribution in [0.5, 0.6) is 0 Å². The third-order valence-electron chi connectivity index (χ3n) is 1.81. The van der Waals surface area contributed by atoms with Gasteiger partial charge in [-0.05, 0) is 27.2 Å². The van der Waals surface area contributed by atoms with E-state index in [0.717, 1.165) is 6.42 Å². The molecule has 0 aromatic rings. The maximum atomic E-state index is 9.64. The van der Waals surface area contributed by atoms with E-state index in [1.807, 2.05) is 27.7 Å². The maximum absolute atomic E-state index is 9.64. The van der Waals surface area contributed by atoms with Gasteiger partial charge in [0, 0.05) is 6.61 Å². The Labute approximate surface area is 81.0 Å². The molecule has 0 fully saturated rings. The molecule has 0 aliphatic heterocycles. The highest BCUT2D eigenvalue weighted by atomic mass is 16.5. The SMILES string of the molecule is CCOC(CC)C(O)COC(C)C. The van der Waals surface area contributed by atoms with Gasteiger partial charge in [0.15, 0.2) is 0 Å². The van der Waals surface area contributed by atoms with Crippen molar-refractivity contribution in [2.75, 3.05) is 13.2 Å². The Hall–Kier alpha value is -0.120. The Kier molecular flexibility index (Phi) is 7.23. The minimum absolute atomic E-state index is 0.0938. The predicted octanol–water partition coefficient (Wildman–Crippen LogP) is 1.59. The molecular weight excluding hydrogens is 168 g/mol. The van der Waals surface area contributed by atoms with E-state index in [1.165, 1.54) is 0 Å².